The molecule has 0 atom stereocenters. The maximum absolute atomic E-state index is 4.27. The molecule has 0 aliphatic rings. The minimum absolute atomic E-state index is 0.387. The summed E-state index contributed by atoms with van der Waals surface area (Å²) in [5, 5.41) is 20.1. The molecule has 0 aliphatic heterocycles. The molecule has 1 N–H and O–H groups in total. The van der Waals surface area contributed by atoms with Crippen LogP contribution in [0.4, 0.5) is 5.95 Å². The molecule has 0 radical (unpaired) electrons. The Bertz CT molecular complexity index is 612. The van der Waals surface area contributed by atoms with Gasteiger partial charge in [-0.05, 0) is 16.3 Å². The highest BCUT2D eigenvalue weighted by atomic mass is 15.5. The average Bonchev–Trinajstić information content (AvgIpc) is 2.89. The van der Waals surface area contributed by atoms with Gasteiger partial charge in [-0.3, -0.25) is 15.4 Å². The monoisotopic (exact) mass is 224 g/mol. The van der Waals surface area contributed by atoms with Crippen molar-refractivity contribution in [3.63, 3.8) is 0 Å². The van der Waals surface area contributed by atoms with Crippen molar-refractivity contribution in [2.45, 2.75) is 6.54 Å². The number of nitrogens with one attached hydrogen (secondary N) is 1. The molecule has 5 nitrogen and oxygen atoms in total. The smallest absolute Gasteiger partial charge is 0.0617 e. The normalized spacial score (nSPS) is 10.6. The van der Waals surface area contributed by atoms with Crippen LogP contribution >= 0.6 is 0 Å². The first-order valence-corrected chi connectivity index (χ1v) is 5.31. The topological polar surface area (TPSA) is 68.6 Å². The fourth-order valence-electron chi connectivity index (χ4n) is 1.81. The highest BCUT2D eigenvalue weighted by molar-refractivity contribution is 5.85. The Morgan fingerprint density at radius 1 is 1.06 bits per heavy atom. The average molecular weight is 224 g/mol. The third-order valence-corrected chi connectivity index (χ3v) is 2.60. The molecule has 0 unspecified atom stereocenters. The van der Waals surface area contributed by atoms with E-state index < -0.39 is 0 Å². The Kier molecular flexibility index (Phi) is 2.42. The van der Waals surface area contributed by atoms with Crippen molar-refractivity contribution < 1.29 is 0 Å². The first-order valence-electron chi connectivity index (χ1n) is 5.31. The van der Waals surface area contributed by atoms with E-state index in [-0.39, 0.29) is 0 Å². The zero-order chi connectivity index (χ0) is 11.5. The van der Waals surface area contributed by atoms with Crippen LogP contribution in [0, 0.1) is 0 Å². The van der Waals surface area contributed by atoms with Crippen molar-refractivity contribution in [1.82, 2.24) is 20.6 Å². The molecule has 17 heavy (non-hydrogen) atoms. The summed E-state index contributed by atoms with van der Waals surface area (Å²) >= 11 is 0. The van der Waals surface area contributed by atoms with Gasteiger partial charge < -0.3 is 5.32 Å². The lowest BCUT2D eigenvalue weighted by Gasteiger charge is -2.09. The molecule has 84 valence electrons. The van der Waals surface area contributed by atoms with Crippen LogP contribution < -0.4 is 0 Å². The molecule has 0 aliphatic carbocycles. The van der Waals surface area contributed by atoms with Gasteiger partial charge in [-0.15, -0.1) is 5.21 Å². The molecule has 0 spiro atoms. The standard InChI is InChI=1S/C12H10N5/c1-2-7-11-9(4-1)5-3-6-10(11)8-13-12-14-16-17-15-12/h1-7H,8H2,(H-,13,14,15,16,17)/q-1. The van der Waals surface area contributed by atoms with Gasteiger partial charge in [-0.25, -0.2) is 0 Å². The predicted octanol–water partition coefficient (Wildman–Crippen LogP) is 2.56. The van der Waals surface area contributed by atoms with E-state index in [0.717, 1.165) is 5.56 Å². The van der Waals surface area contributed by atoms with E-state index in [1.54, 1.807) is 0 Å². The number of H-pyrrole nitrogens is 1. The van der Waals surface area contributed by atoms with Crippen LogP contribution in [0.1, 0.15) is 5.56 Å². The quantitative estimate of drug-likeness (QED) is 0.743. The van der Waals surface area contributed by atoms with E-state index in [1.807, 2.05) is 18.2 Å². The van der Waals surface area contributed by atoms with Crippen LogP contribution in [0.15, 0.2) is 42.5 Å². The number of benzene rings is 2. The van der Waals surface area contributed by atoms with Gasteiger partial charge in [-0.2, -0.15) is 0 Å². The number of fused-ring (bicyclic) bond motifs is 1. The summed E-state index contributed by atoms with van der Waals surface area (Å²) in [5.74, 6) is 0.387. The molecule has 3 aromatic rings. The second-order valence-electron chi connectivity index (χ2n) is 3.67. The number of hydrogen-bond donors (Lipinski definition) is 1. The van der Waals surface area contributed by atoms with E-state index in [2.05, 4.69) is 50.2 Å². The molecule has 0 saturated carbocycles. The van der Waals surface area contributed by atoms with Gasteiger partial charge in [-0.1, -0.05) is 42.5 Å². The van der Waals surface area contributed by atoms with E-state index in [9.17, 15) is 0 Å². The third-order valence-electron chi connectivity index (χ3n) is 2.60. The molecular weight excluding hydrogens is 214 g/mol. The van der Waals surface area contributed by atoms with Gasteiger partial charge in [0.2, 0.25) is 0 Å². The van der Waals surface area contributed by atoms with Crippen molar-refractivity contribution in [3.8, 4) is 0 Å². The van der Waals surface area contributed by atoms with Crippen LogP contribution in [0.25, 0.3) is 16.1 Å². The second-order valence-corrected chi connectivity index (χ2v) is 3.67. The Labute approximate surface area is 97.9 Å². The Balaban J connectivity index is 1.90. The van der Waals surface area contributed by atoms with E-state index in [1.165, 1.54) is 10.8 Å². The summed E-state index contributed by atoms with van der Waals surface area (Å²) in [5.41, 5.74) is 1.16. The lowest BCUT2D eigenvalue weighted by atomic mass is 10.0. The van der Waals surface area contributed by atoms with Gasteiger partial charge in [0.25, 0.3) is 0 Å². The van der Waals surface area contributed by atoms with Crippen molar-refractivity contribution in [3.05, 3.63) is 53.3 Å². The summed E-state index contributed by atoms with van der Waals surface area (Å²) in [6.07, 6.45) is 0. The second kappa shape index (κ2) is 4.21. The summed E-state index contributed by atoms with van der Waals surface area (Å²) in [6, 6.07) is 14.4. The number of rotatable bonds is 3. The van der Waals surface area contributed by atoms with Gasteiger partial charge >= 0.3 is 0 Å². The fourth-order valence-corrected chi connectivity index (χ4v) is 1.81. The van der Waals surface area contributed by atoms with Crippen LogP contribution in [0.2, 0.25) is 0 Å². The number of aromatic amines is 1. The van der Waals surface area contributed by atoms with Crippen molar-refractivity contribution in [2.75, 3.05) is 0 Å². The van der Waals surface area contributed by atoms with Gasteiger partial charge in [0.05, 0.1) is 5.95 Å². The van der Waals surface area contributed by atoms with Gasteiger partial charge in [0, 0.05) is 6.54 Å². The number of hydrogen-bond acceptors (Lipinski definition) is 3. The van der Waals surface area contributed by atoms with Crippen LogP contribution in [-0.4, -0.2) is 20.6 Å². The maximum atomic E-state index is 4.27. The molecule has 5 heteroatoms. The summed E-state index contributed by atoms with van der Waals surface area (Å²) < 4.78 is 0. The van der Waals surface area contributed by atoms with Crippen LogP contribution in [-0.2, 0) is 6.54 Å². The summed E-state index contributed by atoms with van der Waals surface area (Å²) in [6.45, 7) is 0.556. The molecule has 3 rings (SSSR count). The highest BCUT2D eigenvalue weighted by Gasteiger charge is 1.98. The van der Waals surface area contributed by atoms with Crippen LogP contribution in [0.3, 0.4) is 0 Å². The number of tetrazole rings is 1. The summed E-state index contributed by atoms with van der Waals surface area (Å²) in [7, 11) is 0. The molecule has 1 heterocycles. The highest BCUT2D eigenvalue weighted by Crippen LogP contribution is 2.22. The van der Waals surface area contributed by atoms with Crippen molar-refractivity contribution in [1.29, 1.82) is 0 Å². The fraction of sp³-hybridized carbons (Fsp3) is 0.0833. The van der Waals surface area contributed by atoms with Crippen LogP contribution in [0.5, 0.6) is 0 Å². The first kappa shape index (κ1) is 9.77. The molecule has 2 aromatic carbocycles. The molecule has 0 bridgehead atoms. The van der Waals surface area contributed by atoms with E-state index >= 15 is 0 Å². The Hall–Kier alpha value is -2.43. The Morgan fingerprint density at radius 2 is 1.94 bits per heavy atom. The van der Waals surface area contributed by atoms with Gasteiger partial charge in [0.15, 0.2) is 0 Å². The van der Waals surface area contributed by atoms with E-state index in [4.69, 9.17) is 0 Å². The number of nitrogens with zero attached hydrogens (tertiary/aromatic N) is 4. The Morgan fingerprint density at radius 3 is 2.82 bits per heavy atom. The van der Waals surface area contributed by atoms with E-state index in [0.29, 0.717) is 12.5 Å². The zero-order valence-corrected chi connectivity index (χ0v) is 9.04. The maximum Gasteiger partial charge on any atom is 0.0617 e. The molecule has 0 fully saturated rings. The first-order chi connectivity index (χ1) is 8.43. The minimum atomic E-state index is 0.387. The lowest BCUT2D eigenvalue weighted by Crippen LogP contribution is -1.86. The third kappa shape index (κ3) is 1.94. The predicted molar refractivity (Wildman–Crippen MR) is 64.8 cm³/mol. The molecule has 1 aromatic heterocycles. The minimum Gasteiger partial charge on any atom is -0.386 e. The molecule has 0 saturated heterocycles. The largest absolute Gasteiger partial charge is 0.386 e. The van der Waals surface area contributed by atoms with Crippen molar-refractivity contribution in [2.24, 2.45) is 0 Å². The molecular formula is C12H10N5-. The lowest BCUT2D eigenvalue weighted by molar-refractivity contribution is 0.881. The van der Waals surface area contributed by atoms with Gasteiger partial charge in [0.1, 0.15) is 0 Å². The van der Waals surface area contributed by atoms with Crippen molar-refractivity contribution >= 4 is 16.7 Å². The summed E-state index contributed by atoms with van der Waals surface area (Å²) in [4.78, 5) is 0. The SMILES string of the molecule is c1ccc2c(C[N-]c3nn[nH]n3)cccc2c1. The zero-order valence-electron chi connectivity index (χ0n) is 9.04. The molecule has 0 amide bonds. The number of aromatic nitrogens is 4.